The van der Waals surface area contributed by atoms with Crippen molar-refractivity contribution in [3.8, 4) is 0 Å². The van der Waals surface area contributed by atoms with Crippen LogP contribution in [0.2, 0.25) is 0 Å². The van der Waals surface area contributed by atoms with Gasteiger partial charge < -0.3 is 15.3 Å². The third-order valence-electron chi connectivity index (χ3n) is 4.08. The Morgan fingerprint density at radius 1 is 1.35 bits per heavy atom. The number of aryl methyl sites for hydroxylation is 1. The molecule has 1 aromatic carbocycles. The first-order valence-corrected chi connectivity index (χ1v) is 8.72. The van der Waals surface area contributed by atoms with E-state index in [1.54, 1.807) is 13.0 Å². The van der Waals surface area contributed by atoms with E-state index in [1.165, 1.54) is 19.1 Å². The van der Waals surface area contributed by atoms with E-state index in [4.69, 9.17) is 0 Å². The fourth-order valence-electron chi connectivity index (χ4n) is 2.77. The molecule has 0 bridgehead atoms. The molecule has 1 aliphatic heterocycles. The highest BCUT2D eigenvalue weighted by molar-refractivity contribution is 5.96. The summed E-state index contributed by atoms with van der Waals surface area (Å²) in [6.07, 6.45) is 2.02. The minimum absolute atomic E-state index is 0.0135. The lowest BCUT2D eigenvalue weighted by atomic mass is 10.0. The van der Waals surface area contributed by atoms with Gasteiger partial charge in [0.15, 0.2) is 0 Å². The molecule has 2 N–H and O–H groups in total. The topological polar surface area (TPSA) is 69.6 Å². The normalized spacial score (nSPS) is 16.3. The Balaban J connectivity index is 0.00000163. The highest BCUT2D eigenvalue weighted by Gasteiger charge is 2.26. The Kier molecular flexibility index (Phi) is 8.03. The lowest BCUT2D eigenvalue weighted by Crippen LogP contribution is -2.21. The van der Waals surface area contributed by atoms with Crippen LogP contribution in [0.25, 0.3) is 0 Å². The van der Waals surface area contributed by atoms with Gasteiger partial charge >= 0.3 is 5.97 Å². The molecule has 0 atom stereocenters. The van der Waals surface area contributed by atoms with Crippen LogP contribution < -0.4 is 5.32 Å². The monoisotopic (exact) mass is 362 g/mol. The third-order valence-corrected chi connectivity index (χ3v) is 4.08. The number of anilines is 1. The first-order valence-electron chi connectivity index (χ1n) is 8.72. The van der Waals surface area contributed by atoms with Crippen molar-refractivity contribution >= 4 is 17.9 Å². The molecular weight excluding hydrogens is 335 g/mol. The van der Waals surface area contributed by atoms with Crippen molar-refractivity contribution in [1.29, 1.82) is 0 Å². The van der Waals surface area contributed by atoms with Crippen LogP contribution in [-0.2, 0) is 9.59 Å². The van der Waals surface area contributed by atoms with E-state index < -0.39 is 11.8 Å². The van der Waals surface area contributed by atoms with E-state index in [1.807, 2.05) is 25.8 Å². The first-order chi connectivity index (χ1) is 12.3. The molecule has 0 aliphatic carbocycles. The maximum absolute atomic E-state index is 14.1. The number of likely N-dealkylation sites (tertiary alicyclic amines) is 1. The molecule has 26 heavy (non-hydrogen) atoms. The van der Waals surface area contributed by atoms with E-state index >= 15 is 0 Å². The van der Waals surface area contributed by atoms with Crippen LogP contribution in [0.5, 0.6) is 0 Å². The summed E-state index contributed by atoms with van der Waals surface area (Å²) in [7, 11) is 1.81. The molecule has 5 nitrogen and oxygen atoms in total. The van der Waals surface area contributed by atoms with Gasteiger partial charge in [-0.2, -0.15) is 0 Å². The highest BCUT2D eigenvalue weighted by atomic mass is 19.1. The second-order valence-corrected chi connectivity index (χ2v) is 5.94. The van der Waals surface area contributed by atoms with Crippen LogP contribution in [-0.4, -0.2) is 35.9 Å². The van der Waals surface area contributed by atoms with Crippen molar-refractivity contribution in [3.63, 3.8) is 0 Å². The Morgan fingerprint density at radius 3 is 2.46 bits per heavy atom. The quantitative estimate of drug-likeness (QED) is 0.609. The summed E-state index contributed by atoms with van der Waals surface area (Å²) in [5.74, 6) is -1.64. The summed E-state index contributed by atoms with van der Waals surface area (Å²) in [5, 5.41) is 12.5. The predicted octanol–water partition coefficient (Wildman–Crippen LogP) is 4.11. The average Bonchev–Trinajstić information content (AvgIpc) is 3.03. The molecule has 2 rings (SSSR count). The number of aliphatic carboxylic acids is 1. The zero-order valence-electron chi connectivity index (χ0n) is 16.0. The molecular formula is C20H27FN2O3. The van der Waals surface area contributed by atoms with Gasteiger partial charge in [-0.05, 0) is 44.4 Å². The number of carboxylic acids is 1. The number of carbonyl (C=O) groups excluding carboxylic acids is 1. The van der Waals surface area contributed by atoms with Gasteiger partial charge in [0.25, 0.3) is 0 Å². The van der Waals surface area contributed by atoms with Crippen LogP contribution in [0, 0.1) is 12.7 Å². The smallest absolute Gasteiger partial charge is 0.339 e. The molecule has 0 spiro atoms. The summed E-state index contributed by atoms with van der Waals surface area (Å²) < 4.78 is 14.1. The van der Waals surface area contributed by atoms with E-state index in [2.05, 4.69) is 5.32 Å². The van der Waals surface area contributed by atoms with E-state index in [0.717, 1.165) is 18.5 Å². The molecule has 1 fully saturated rings. The summed E-state index contributed by atoms with van der Waals surface area (Å²) in [6, 6.07) is 4.60. The van der Waals surface area contributed by atoms with Crippen LogP contribution >= 0.6 is 0 Å². The fraction of sp³-hybridized carbons (Fsp3) is 0.400. The van der Waals surface area contributed by atoms with Crippen LogP contribution in [0.3, 0.4) is 0 Å². The van der Waals surface area contributed by atoms with E-state index in [9.17, 15) is 19.1 Å². The molecule has 1 saturated heterocycles. The minimum Gasteiger partial charge on any atom is -0.478 e. The average molecular weight is 362 g/mol. The lowest BCUT2D eigenvalue weighted by Gasteiger charge is -2.20. The molecule has 0 radical (unpaired) electrons. The van der Waals surface area contributed by atoms with Crippen LogP contribution in [0.1, 0.15) is 39.2 Å². The second kappa shape index (κ2) is 9.75. The maximum atomic E-state index is 14.1. The number of halogens is 1. The van der Waals surface area contributed by atoms with Gasteiger partial charge in [0.05, 0.1) is 11.4 Å². The molecule has 6 heteroatoms. The Hall–Kier alpha value is -2.63. The lowest BCUT2D eigenvalue weighted by molar-refractivity contribution is -0.132. The molecule has 0 saturated carbocycles. The van der Waals surface area contributed by atoms with Crippen molar-refractivity contribution in [3.05, 3.63) is 52.1 Å². The Bertz CT molecular complexity index is 739. The fourth-order valence-corrected chi connectivity index (χ4v) is 2.77. The summed E-state index contributed by atoms with van der Waals surface area (Å²) >= 11 is 0. The van der Waals surface area contributed by atoms with Gasteiger partial charge in [0.2, 0.25) is 0 Å². The van der Waals surface area contributed by atoms with Gasteiger partial charge in [-0.3, -0.25) is 4.79 Å². The number of carbonyl (C=O) groups is 2. The SMILES string of the molecule is C/C(C=O)=C(Nc1ccc(C)cc1F)/C(C(=O)O)=C1/CCCN1C.CC. The first kappa shape index (κ1) is 21.4. The number of aldehydes is 1. The number of hydrogen-bond donors (Lipinski definition) is 2. The Morgan fingerprint density at radius 2 is 2.00 bits per heavy atom. The van der Waals surface area contributed by atoms with Crippen molar-refractivity contribution < 1.29 is 19.1 Å². The van der Waals surface area contributed by atoms with Gasteiger partial charge in [0, 0.05) is 24.9 Å². The van der Waals surface area contributed by atoms with Crippen LogP contribution in [0.4, 0.5) is 10.1 Å². The molecule has 1 heterocycles. The second-order valence-electron chi connectivity index (χ2n) is 5.94. The number of benzene rings is 1. The van der Waals surface area contributed by atoms with Crippen molar-refractivity contribution in [2.24, 2.45) is 0 Å². The minimum atomic E-state index is -1.14. The van der Waals surface area contributed by atoms with Crippen molar-refractivity contribution in [2.45, 2.75) is 40.5 Å². The molecule has 0 unspecified atom stereocenters. The number of carboxylic acid groups (broad SMARTS) is 1. The number of nitrogens with zero attached hydrogens (tertiary/aromatic N) is 1. The molecule has 142 valence electrons. The van der Waals surface area contributed by atoms with E-state index in [0.29, 0.717) is 18.4 Å². The van der Waals surface area contributed by atoms with Gasteiger partial charge in [0.1, 0.15) is 17.7 Å². The molecule has 0 amide bonds. The number of rotatable bonds is 5. The van der Waals surface area contributed by atoms with Gasteiger partial charge in [-0.25, -0.2) is 9.18 Å². The summed E-state index contributed by atoms with van der Waals surface area (Å²) in [4.78, 5) is 25.0. The molecule has 1 aliphatic rings. The number of nitrogens with one attached hydrogen (secondary N) is 1. The standard InChI is InChI=1S/C18H21FN2O3.C2H6/c1-11-6-7-14(13(19)9-11)20-17(12(2)10-22)16(18(23)24)15-5-4-8-21(15)3;1-2/h6-7,9-10,20H,4-5,8H2,1-3H3,(H,23,24);1-2H3/b16-15+,17-12+;. The van der Waals surface area contributed by atoms with E-state index in [-0.39, 0.29) is 22.5 Å². The molecule has 1 aromatic rings. The molecule has 0 aromatic heterocycles. The summed E-state index contributed by atoms with van der Waals surface area (Å²) in [5.41, 5.74) is 1.88. The number of allylic oxidation sites excluding steroid dienone is 2. The van der Waals surface area contributed by atoms with Gasteiger partial charge in [-0.15, -0.1) is 0 Å². The third kappa shape index (κ3) is 4.94. The van der Waals surface area contributed by atoms with Crippen molar-refractivity contribution in [2.75, 3.05) is 18.9 Å². The largest absolute Gasteiger partial charge is 0.478 e. The van der Waals surface area contributed by atoms with Crippen molar-refractivity contribution in [1.82, 2.24) is 4.90 Å². The zero-order chi connectivity index (χ0) is 19.9. The predicted molar refractivity (Wildman–Crippen MR) is 101 cm³/mol. The summed E-state index contributed by atoms with van der Waals surface area (Å²) in [6.45, 7) is 8.02. The zero-order valence-corrected chi connectivity index (χ0v) is 16.0. The van der Waals surface area contributed by atoms with Crippen LogP contribution in [0.15, 0.2) is 40.7 Å². The van der Waals surface area contributed by atoms with Gasteiger partial charge in [-0.1, -0.05) is 19.9 Å². The highest BCUT2D eigenvalue weighted by Crippen LogP contribution is 2.29. The Labute approximate surface area is 154 Å². The number of hydrogen-bond acceptors (Lipinski definition) is 4. The maximum Gasteiger partial charge on any atom is 0.339 e.